The lowest BCUT2D eigenvalue weighted by atomic mass is 10.3. The number of hydrogen-bond acceptors (Lipinski definition) is 2. The number of methoxy groups -OCH3 is 1. The highest BCUT2D eigenvalue weighted by Gasteiger charge is 2.20. The van der Waals surface area contributed by atoms with E-state index in [0.29, 0.717) is 0 Å². The molecule has 3 heteroatoms. The van der Waals surface area contributed by atoms with E-state index in [-0.39, 0.29) is 0 Å². The molecule has 1 fully saturated rings. The maximum Gasteiger partial charge on any atom is 0.0462 e. The first-order valence-corrected chi connectivity index (χ1v) is 6.26. The molecule has 0 aromatic carbocycles. The molecule has 90 valence electrons. The van der Waals surface area contributed by atoms with Gasteiger partial charge in [0.15, 0.2) is 0 Å². The number of nitrogens with one attached hydrogen (secondary N) is 1. The summed E-state index contributed by atoms with van der Waals surface area (Å²) in [6, 6.07) is 5.14. The molecule has 2 rings (SSSR count). The lowest BCUT2D eigenvalue weighted by Crippen LogP contribution is -2.18. The van der Waals surface area contributed by atoms with Crippen molar-refractivity contribution in [1.29, 1.82) is 0 Å². The third kappa shape index (κ3) is 3.65. The number of aromatic nitrogens is 1. The molecule has 1 aliphatic carbocycles. The highest BCUT2D eigenvalue weighted by atomic mass is 16.5. The van der Waals surface area contributed by atoms with Gasteiger partial charge in [0.05, 0.1) is 0 Å². The molecule has 0 spiro atoms. The molecular formula is C13H22N2O. The van der Waals surface area contributed by atoms with E-state index < -0.39 is 0 Å². The van der Waals surface area contributed by atoms with Crippen molar-refractivity contribution in [1.82, 2.24) is 9.88 Å². The molecule has 0 saturated heterocycles. The summed E-state index contributed by atoms with van der Waals surface area (Å²) in [7, 11) is 1.76. The largest absolute Gasteiger partial charge is 0.385 e. The molecule has 0 aliphatic heterocycles. The van der Waals surface area contributed by atoms with Crippen molar-refractivity contribution in [2.24, 2.45) is 0 Å². The van der Waals surface area contributed by atoms with Crippen molar-refractivity contribution >= 4 is 0 Å². The summed E-state index contributed by atoms with van der Waals surface area (Å²) in [5.41, 5.74) is 1.41. The van der Waals surface area contributed by atoms with Gasteiger partial charge in [-0.05, 0) is 37.8 Å². The van der Waals surface area contributed by atoms with Crippen molar-refractivity contribution in [3.63, 3.8) is 0 Å². The third-order valence-electron chi connectivity index (χ3n) is 3.07. The summed E-state index contributed by atoms with van der Waals surface area (Å²) in [6.07, 6.45) is 7.23. The van der Waals surface area contributed by atoms with Crippen LogP contribution in [0.3, 0.4) is 0 Å². The van der Waals surface area contributed by atoms with Gasteiger partial charge in [0.1, 0.15) is 0 Å². The maximum atomic E-state index is 5.06. The summed E-state index contributed by atoms with van der Waals surface area (Å²) in [5.74, 6) is 0. The van der Waals surface area contributed by atoms with Gasteiger partial charge in [-0.3, -0.25) is 0 Å². The Hall–Kier alpha value is -0.800. The molecular weight excluding hydrogens is 200 g/mol. The van der Waals surface area contributed by atoms with Crippen molar-refractivity contribution in [3.05, 3.63) is 24.0 Å². The molecule has 1 saturated carbocycles. The van der Waals surface area contributed by atoms with Gasteiger partial charge in [-0.15, -0.1) is 0 Å². The number of hydrogen-bond donors (Lipinski definition) is 1. The van der Waals surface area contributed by atoms with Crippen LogP contribution in [0, 0.1) is 0 Å². The Bertz CT molecular complexity index is 305. The SMILES string of the molecule is COCCCCn1cccc1CNC1CC1. The second-order valence-corrected chi connectivity index (χ2v) is 4.55. The van der Waals surface area contributed by atoms with Gasteiger partial charge in [-0.1, -0.05) is 0 Å². The smallest absolute Gasteiger partial charge is 0.0462 e. The second kappa shape index (κ2) is 6.06. The summed E-state index contributed by atoms with van der Waals surface area (Å²) < 4.78 is 7.41. The van der Waals surface area contributed by atoms with Crippen molar-refractivity contribution in [2.45, 2.75) is 44.8 Å². The molecule has 0 bridgehead atoms. The summed E-state index contributed by atoms with van der Waals surface area (Å²) >= 11 is 0. The fourth-order valence-electron chi connectivity index (χ4n) is 1.89. The fourth-order valence-corrected chi connectivity index (χ4v) is 1.89. The Morgan fingerprint density at radius 1 is 1.44 bits per heavy atom. The molecule has 1 aromatic heterocycles. The van der Waals surface area contributed by atoms with E-state index in [1.165, 1.54) is 25.0 Å². The predicted octanol–water partition coefficient (Wildman–Crippen LogP) is 2.17. The van der Waals surface area contributed by atoms with Crippen LogP contribution < -0.4 is 5.32 Å². The van der Waals surface area contributed by atoms with E-state index in [4.69, 9.17) is 4.74 Å². The van der Waals surface area contributed by atoms with Crippen LogP contribution in [0.15, 0.2) is 18.3 Å². The Labute approximate surface area is 97.8 Å². The number of rotatable bonds is 8. The zero-order valence-electron chi connectivity index (χ0n) is 10.1. The Balaban J connectivity index is 1.71. The lowest BCUT2D eigenvalue weighted by Gasteiger charge is -2.09. The predicted molar refractivity (Wildman–Crippen MR) is 65.4 cm³/mol. The number of unbranched alkanes of at least 4 members (excludes halogenated alkanes) is 1. The first-order valence-electron chi connectivity index (χ1n) is 6.26. The molecule has 3 nitrogen and oxygen atoms in total. The highest BCUT2D eigenvalue weighted by molar-refractivity contribution is 5.07. The van der Waals surface area contributed by atoms with E-state index in [0.717, 1.165) is 32.2 Å². The van der Waals surface area contributed by atoms with Gasteiger partial charge in [0, 0.05) is 44.7 Å². The minimum absolute atomic E-state index is 0.789. The average molecular weight is 222 g/mol. The first kappa shape index (κ1) is 11.7. The molecule has 0 atom stereocenters. The number of nitrogens with zero attached hydrogens (tertiary/aromatic N) is 1. The Morgan fingerprint density at radius 2 is 2.31 bits per heavy atom. The highest BCUT2D eigenvalue weighted by Crippen LogP contribution is 2.19. The molecule has 0 radical (unpaired) electrons. The van der Waals surface area contributed by atoms with Crippen LogP contribution in [0.25, 0.3) is 0 Å². The standard InChI is InChI=1S/C13H22N2O/c1-16-10-3-2-8-15-9-4-5-13(15)11-14-12-6-7-12/h4-5,9,12,14H,2-3,6-8,10-11H2,1H3. The minimum Gasteiger partial charge on any atom is -0.385 e. The fraction of sp³-hybridized carbons (Fsp3) is 0.692. The van der Waals surface area contributed by atoms with Gasteiger partial charge >= 0.3 is 0 Å². The maximum absolute atomic E-state index is 5.06. The van der Waals surface area contributed by atoms with E-state index in [9.17, 15) is 0 Å². The van der Waals surface area contributed by atoms with Crippen LogP contribution in [-0.4, -0.2) is 24.3 Å². The second-order valence-electron chi connectivity index (χ2n) is 4.55. The molecule has 1 aliphatic rings. The molecule has 1 heterocycles. The zero-order chi connectivity index (χ0) is 11.2. The van der Waals surface area contributed by atoms with Gasteiger partial charge in [0.25, 0.3) is 0 Å². The van der Waals surface area contributed by atoms with Crippen molar-refractivity contribution < 1.29 is 4.74 Å². The third-order valence-corrected chi connectivity index (χ3v) is 3.07. The lowest BCUT2D eigenvalue weighted by molar-refractivity contribution is 0.191. The van der Waals surface area contributed by atoms with Crippen LogP contribution in [-0.2, 0) is 17.8 Å². The van der Waals surface area contributed by atoms with Crippen LogP contribution in [0.2, 0.25) is 0 Å². The van der Waals surface area contributed by atoms with Crippen LogP contribution in [0.1, 0.15) is 31.4 Å². The van der Waals surface area contributed by atoms with E-state index in [1.807, 2.05) is 0 Å². The average Bonchev–Trinajstić information content (AvgIpc) is 3.02. The summed E-state index contributed by atoms with van der Waals surface area (Å²) in [4.78, 5) is 0. The zero-order valence-corrected chi connectivity index (χ0v) is 10.1. The van der Waals surface area contributed by atoms with E-state index >= 15 is 0 Å². The quantitative estimate of drug-likeness (QED) is 0.682. The molecule has 0 unspecified atom stereocenters. The Morgan fingerprint density at radius 3 is 3.06 bits per heavy atom. The van der Waals surface area contributed by atoms with Crippen molar-refractivity contribution in [2.75, 3.05) is 13.7 Å². The van der Waals surface area contributed by atoms with E-state index in [1.54, 1.807) is 7.11 Å². The number of aryl methyl sites for hydroxylation is 1. The molecule has 16 heavy (non-hydrogen) atoms. The molecule has 1 N–H and O–H groups in total. The van der Waals surface area contributed by atoms with E-state index in [2.05, 4.69) is 28.2 Å². The van der Waals surface area contributed by atoms with Crippen molar-refractivity contribution in [3.8, 4) is 0 Å². The van der Waals surface area contributed by atoms with Crippen LogP contribution in [0.4, 0.5) is 0 Å². The van der Waals surface area contributed by atoms with Gasteiger partial charge in [-0.2, -0.15) is 0 Å². The van der Waals surface area contributed by atoms with Crippen LogP contribution in [0.5, 0.6) is 0 Å². The molecule has 0 amide bonds. The number of ether oxygens (including phenoxy) is 1. The monoisotopic (exact) mass is 222 g/mol. The van der Waals surface area contributed by atoms with Gasteiger partial charge in [-0.25, -0.2) is 0 Å². The van der Waals surface area contributed by atoms with Crippen LogP contribution >= 0.6 is 0 Å². The Kier molecular flexibility index (Phi) is 4.43. The summed E-state index contributed by atoms with van der Waals surface area (Å²) in [6.45, 7) is 3.00. The summed E-state index contributed by atoms with van der Waals surface area (Å²) in [5, 5.41) is 3.56. The minimum atomic E-state index is 0.789. The first-order chi connectivity index (χ1) is 7.90. The van der Waals surface area contributed by atoms with Gasteiger partial charge < -0.3 is 14.6 Å². The van der Waals surface area contributed by atoms with Gasteiger partial charge in [0.2, 0.25) is 0 Å². The normalized spacial score (nSPS) is 15.6. The molecule has 1 aromatic rings. The topological polar surface area (TPSA) is 26.2 Å².